The van der Waals surface area contributed by atoms with Crippen molar-refractivity contribution in [2.24, 2.45) is 0 Å². The number of nitrogens with zero attached hydrogens (tertiary/aromatic N) is 2. The first-order valence-electron chi connectivity index (χ1n) is 8.98. The van der Waals surface area contributed by atoms with Crippen LogP contribution in [0.5, 0.6) is 0 Å². The molecule has 0 fully saturated rings. The minimum atomic E-state index is -1.90. The summed E-state index contributed by atoms with van der Waals surface area (Å²) in [4.78, 5) is 28.9. The maximum atomic E-state index is 13.0. The quantitative estimate of drug-likeness (QED) is 0.446. The average Bonchev–Trinajstić information content (AvgIpc) is 3.23. The molecule has 0 amide bonds. The van der Waals surface area contributed by atoms with Crippen LogP contribution in [-0.2, 0) is 11.0 Å². The number of ketones is 1. The lowest BCUT2D eigenvalue weighted by molar-refractivity contribution is 0.103. The molecule has 3 rings (SSSR count). The van der Waals surface area contributed by atoms with Crippen LogP contribution in [0, 0.1) is 0 Å². The van der Waals surface area contributed by atoms with Gasteiger partial charge in [0, 0.05) is 17.0 Å². The highest BCUT2D eigenvalue weighted by atomic mass is 32.1. The highest BCUT2D eigenvalue weighted by molar-refractivity contribution is 7.12. The second-order valence-corrected chi connectivity index (χ2v) is 13.9. The summed E-state index contributed by atoms with van der Waals surface area (Å²) in [6.45, 7) is 11.2. The Morgan fingerprint density at radius 3 is 2.57 bits per heavy atom. The molecule has 0 aliphatic carbocycles. The van der Waals surface area contributed by atoms with Gasteiger partial charge in [0.1, 0.15) is 0 Å². The summed E-state index contributed by atoms with van der Waals surface area (Å²) in [7, 11) is -1.90. The number of para-hydroxylation sites is 1. The second-order valence-electron chi connectivity index (χ2n) is 8.23. The lowest BCUT2D eigenvalue weighted by Gasteiger charge is -2.35. The van der Waals surface area contributed by atoms with Crippen LogP contribution in [-0.4, -0.2) is 34.9 Å². The number of carboxylic acid groups (broad SMARTS) is 1. The molecule has 1 aromatic carbocycles. The third-order valence-corrected chi connectivity index (χ3v) is 10.7. The minimum Gasteiger partial charge on any atom is -0.464 e. The van der Waals surface area contributed by atoms with Crippen molar-refractivity contribution in [2.45, 2.75) is 45.5 Å². The molecule has 2 aromatic heterocycles. The van der Waals surface area contributed by atoms with Gasteiger partial charge in [-0.05, 0) is 24.2 Å². The van der Waals surface area contributed by atoms with Crippen LogP contribution in [0.1, 0.15) is 41.8 Å². The molecule has 28 heavy (non-hydrogen) atoms. The summed E-state index contributed by atoms with van der Waals surface area (Å²) in [5.74, 6) is -0.278. The molecule has 0 radical (unpaired) electrons. The molecular weight excluding hydrogens is 392 g/mol. The van der Waals surface area contributed by atoms with Crippen molar-refractivity contribution < 1.29 is 19.1 Å². The number of thiazole rings is 1. The van der Waals surface area contributed by atoms with Crippen molar-refractivity contribution in [3.8, 4) is 0 Å². The van der Waals surface area contributed by atoms with E-state index in [1.54, 1.807) is 24.3 Å². The standard InChI is InChI=1S/C20H24N2O4SSi/c1-20(2,3)28(4,5)26-11-13-12-27-18(21-13)17(23)15-10-22(19(24)25)16-9-7-6-8-14(15)16/h6-10,12H,11H2,1-5H3,(H,24,25). The normalized spacial score (nSPS) is 12.5. The van der Waals surface area contributed by atoms with E-state index in [2.05, 4.69) is 38.8 Å². The number of fused-ring (bicyclic) bond motifs is 1. The first-order chi connectivity index (χ1) is 13.0. The van der Waals surface area contributed by atoms with Crippen LogP contribution in [0.4, 0.5) is 4.79 Å². The Hall–Kier alpha value is -2.29. The predicted molar refractivity (Wildman–Crippen MR) is 113 cm³/mol. The molecule has 0 atom stereocenters. The van der Waals surface area contributed by atoms with Gasteiger partial charge in [-0.2, -0.15) is 0 Å². The molecule has 8 heteroatoms. The molecule has 148 valence electrons. The maximum absolute atomic E-state index is 13.0. The van der Waals surface area contributed by atoms with E-state index in [0.29, 0.717) is 28.1 Å². The van der Waals surface area contributed by atoms with E-state index in [-0.39, 0.29) is 10.8 Å². The molecular formula is C20H24N2O4SSi. The summed E-state index contributed by atoms with van der Waals surface area (Å²) < 4.78 is 7.24. The fraction of sp³-hybridized carbons (Fsp3) is 0.350. The van der Waals surface area contributed by atoms with Gasteiger partial charge in [-0.25, -0.2) is 9.78 Å². The zero-order chi connectivity index (χ0) is 20.7. The Kier molecular flexibility index (Phi) is 5.31. The fourth-order valence-corrected chi connectivity index (χ4v) is 4.28. The Labute approximate surface area is 168 Å². The minimum absolute atomic E-state index is 0.0976. The van der Waals surface area contributed by atoms with Crippen molar-refractivity contribution >= 4 is 42.4 Å². The molecule has 2 heterocycles. The van der Waals surface area contributed by atoms with E-state index in [0.717, 1.165) is 10.3 Å². The molecule has 0 bridgehead atoms. The van der Waals surface area contributed by atoms with Crippen molar-refractivity contribution in [3.63, 3.8) is 0 Å². The molecule has 0 spiro atoms. The van der Waals surface area contributed by atoms with Crippen LogP contribution in [0.2, 0.25) is 18.1 Å². The van der Waals surface area contributed by atoms with Gasteiger partial charge in [0.25, 0.3) is 0 Å². The molecule has 6 nitrogen and oxygen atoms in total. The molecule has 0 saturated heterocycles. The smallest absolute Gasteiger partial charge is 0.416 e. The SMILES string of the molecule is CC(C)(C)[Si](C)(C)OCc1csc(C(=O)c2cn(C(=O)O)c3ccccc23)n1. The molecule has 0 aliphatic heterocycles. The summed E-state index contributed by atoms with van der Waals surface area (Å²) in [5, 5.41) is 12.3. The van der Waals surface area contributed by atoms with Gasteiger partial charge in [0.05, 0.1) is 23.4 Å². The van der Waals surface area contributed by atoms with Crippen LogP contribution in [0.15, 0.2) is 35.8 Å². The number of carbonyl (C=O) groups excluding carboxylic acids is 1. The molecule has 0 unspecified atom stereocenters. The van der Waals surface area contributed by atoms with E-state index in [9.17, 15) is 14.7 Å². The number of hydrogen-bond donors (Lipinski definition) is 1. The lowest BCUT2D eigenvalue weighted by atomic mass is 10.1. The molecule has 3 aromatic rings. The number of carbonyl (C=O) groups is 2. The predicted octanol–water partition coefficient (Wildman–Crippen LogP) is 5.38. The summed E-state index contributed by atoms with van der Waals surface area (Å²) in [6, 6.07) is 6.96. The monoisotopic (exact) mass is 416 g/mol. The largest absolute Gasteiger partial charge is 0.464 e. The van der Waals surface area contributed by atoms with Gasteiger partial charge in [-0.3, -0.25) is 9.36 Å². The van der Waals surface area contributed by atoms with Crippen LogP contribution in [0.3, 0.4) is 0 Å². The van der Waals surface area contributed by atoms with Crippen molar-refractivity contribution in [3.05, 3.63) is 52.1 Å². The van der Waals surface area contributed by atoms with Gasteiger partial charge >= 0.3 is 6.09 Å². The Morgan fingerprint density at radius 2 is 1.93 bits per heavy atom. The fourth-order valence-electron chi connectivity index (χ4n) is 2.58. The topological polar surface area (TPSA) is 81.4 Å². The average molecular weight is 417 g/mol. The highest BCUT2D eigenvalue weighted by Gasteiger charge is 2.37. The summed E-state index contributed by atoms with van der Waals surface area (Å²) >= 11 is 1.25. The number of benzene rings is 1. The lowest BCUT2D eigenvalue weighted by Crippen LogP contribution is -2.40. The van der Waals surface area contributed by atoms with E-state index < -0.39 is 14.4 Å². The molecule has 0 aliphatic rings. The summed E-state index contributed by atoms with van der Waals surface area (Å²) in [6.07, 6.45) is 0.237. The number of rotatable bonds is 5. The molecule has 0 saturated carbocycles. The highest BCUT2D eigenvalue weighted by Crippen LogP contribution is 2.37. The number of aromatic nitrogens is 2. The number of hydrogen-bond acceptors (Lipinski definition) is 5. The molecule has 1 N–H and O–H groups in total. The third kappa shape index (κ3) is 3.80. The maximum Gasteiger partial charge on any atom is 0.416 e. The van der Waals surface area contributed by atoms with Crippen molar-refractivity contribution in [1.29, 1.82) is 0 Å². The van der Waals surface area contributed by atoms with Crippen LogP contribution >= 0.6 is 11.3 Å². The Bertz CT molecular complexity index is 1050. The van der Waals surface area contributed by atoms with Crippen molar-refractivity contribution in [2.75, 3.05) is 0 Å². The van der Waals surface area contributed by atoms with Crippen LogP contribution in [0.25, 0.3) is 10.9 Å². The van der Waals surface area contributed by atoms with Crippen LogP contribution < -0.4 is 0 Å². The van der Waals surface area contributed by atoms with Crippen molar-refractivity contribution in [1.82, 2.24) is 9.55 Å². The van der Waals surface area contributed by atoms with Gasteiger partial charge < -0.3 is 9.53 Å². The van der Waals surface area contributed by atoms with Gasteiger partial charge in [-0.15, -0.1) is 11.3 Å². The first-order valence-corrected chi connectivity index (χ1v) is 12.8. The Morgan fingerprint density at radius 1 is 1.25 bits per heavy atom. The third-order valence-electron chi connectivity index (χ3n) is 5.30. The Balaban J connectivity index is 1.86. The van der Waals surface area contributed by atoms with Gasteiger partial charge in [0.2, 0.25) is 5.78 Å². The van der Waals surface area contributed by atoms with E-state index in [4.69, 9.17) is 4.43 Å². The van der Waals surface area contributed by atoms with E-state index >= 15 is 0 Å². The zero-order valence-corrected chi connectivity index (χ0v) is 18.5. The van der Waals surface area contributed by atoms with E-state index in [1.807, 2.05) is 5.38 Å². The first kappa shape index (κ1) is 20.4. The zero-order valence-electron chi connectivity index (χ0n) is 16.6. The summed E-state index contributed by atoms with van der Waals surface area (Å²) in [5.41, 5.74) is 1.54. The van der Waals surface area contributed by atoms with E-state index in [1.165, 1.54) is 17.5 Å². The second kappa shape index (κ2) is 7.27. The van der Waals surface area contributed by atoms with Gasteiger partial charge in [-0.1, -0.05) is 39.0 Å². The van der Waals surface area contributed by atoms with Gasteiger partial charge in [0.15, 0.2) is 13.3 Å².